The van der Waals surface area contributed by atoms with Crippen LogP contribution in [0.1, 0.15) is 21.6 Å². The van der Waals surface area contributed by atoms with E-state index in [1.165, 1.54) is 23.1 Å². The molecule has 0 aliphatic rings. The standard InChI is InChI=1S/C23H20ClN5O3/c1-14-21-18(12-20(15-7-5-4-6-8-15)25-22(21)28(3)26-14)23(30)27(2)13-16-11-17(29(31)32)9-10-19(16)24/h4-12H,13H2,1-3H3. The molecule has 162 valence electrons. The fourth-order valence-electron chi connectivity index (χ4n) is 3.70. The molecule has 0 saturated heterocycles. The van der Waals surface area contributed by atoms with Gasteiger partial charge in [0.15, 0.2) is 5.65 Å². The highest BCUT2D eigenvalue weighted by Crippen LogP contribution is 2.29. The Hall–Kier alpha value is -3.78. The highest BCUT2D eigenvalue weighted by atomic mass is 35.5. The first kappa shape index (κ1) is 21.5. The van der Waals surface area contributed by atoms with Crippen LogP contribution in [0.5, 0.6) is 0 Å². The average molecular weight is 450 g/mol. The second kappa shape index (κ2) is 8.39. The number of pyridine rings is 1. The number of non-ortho nitro benzene ring substituents is 1. The summed E-state index contributed by atoms with van der Waals surface area (Å²) in [5, 5.41) is 16.6. The molecular formula is C23H20ClN5O3. The van der Waals surface area contributed by atoms with Crippen LogP contribution >= 0.6 is 11.6 Å². The van der Waals surface area contributed by atoms with Crippen molar-refractivity contribution in [2.45, 2.75) is 13.5 Å². The number of nitro groups is 1. The number of aryl methyl sites for hydroxylation is 2. The van der Waals surface area contributed by atoms with Crippen molar-refractivity contribution < 1.29 is 9.72 Å². The molecule has 8 nitrogen and oxygen atoms in total. The molecule has 0 aliphatic heterocycles. The van der Waals surface area contributed by atoms with Crippen LogP contribution in [0.2, 0.25) is 5.02 Å². The predicted octanol–water partition coefficient (Wildman–Crippen LogP) is 4.78. The molecule has 2 aromatic heterocycles. The van der Waals surface area contributed by atoms with Crippen LogP contribution in [0.3, 0.4) is 0 Å². The summed E-state index contributed by atoms with van der Waals surface area (Å²) in [7, 11) is 3.43. The van der Waals surface area contributed by atoms with Crippen LogP contribution < -0.4 is 0 Å². The van der Waals surface area contributed by atoms with E-state index in [4.69, 9.17) is 16.6 Å². The number of halogens is 1. The summed E-state index contributed by atoms with van der Waals surface area (Å²) in [5.74, 6) is -0.256. The molecule has 0 aliphatic carbocycles. The SMILES string of the molecule is Cc1nn(C)c2nc(-c3ccccc3)cc(C(=O)N(C)Cc3cc([N+](=O)[O-])ccc3Cl)c12. The number of carbonyl (C=O) groups is 1. The van der Waals surface area contributed by atoms with Gasteiger partial charge in [0.25, 0.3) is 11.6 Å². The van der Waals surface area contributed by atoms with E-state index in [2.05, 4.69) is 5.10 Å². The lowest BCUT2D eigenvalue weighted by molar-refractivity contribution is -0.384. The van der Waals surface area contributed by atoms with Gasteiger partial charge in [-0.2, -0.15) is 5.10 Å². The van der Waals surface area contributed by atoms with Gasteiger partial charge < -0.3 is 4.90 Å². The quantitative estimate of drug-likeness (QED) is 0.323. The molecule has 0 saturated carbocycles. The molecule has 2 heterocycles. The molecule has 4 aromatic rings. The summed E-state index contributed by atoms with van der Waals surface area (Å²) >= 11 is 6.24. The van der Waals surface area contributed by atoms with Crippen molar-refractivity contribution >= 4 is 34.2 Å². The van der Waals surface area contributed by atoms with Crippen LogP contribution in [0.4, 0.5) is 5.69 Å². The first-order valence-corrected chi connectivity index (χ1v) is 10.2. The molecule has 0 atom stereocenters. The molecule has 1 amide bonds. The summed E-state index contributed by atoms with van der Waals surface area (Å²) < 4.78 is 1.66. The van der Waals surface area contributed by atoms with E-state index in [0.717, 1.165) is 5.56 Å². The fourth-order valence-corrected chi connectivity index (χ4v) is 3.88. The maximum absolute atomic E-state index is 13.5. The van der Waals surface area contributed by atoms with Gasteiger partial charge in [-0.1, -0.05) is 41.9 Å². The molecule has 0 fully saturated rings. The lowest BCUT2D eigenvalue weighted by Crippen LogP contribution is -2.27. The van der Waals surface area contributed by atoms with Crippen LogP contribution in [0.25, 0.3) is 22.3 Å². The number of nitro benzene ring substituents is 1. The first-order valence-electron chi connectivity index (χ1n) is 9.84. The van der Waals surface area contributed by atoms with Gasteiger partial charge in [0.1, 0.15) is 0 Å². The minimum atomic E-state index is -0.487. The number of rotatable bonds is 5. The minimum absolute atomic E-state index is 0.0778. The summed E-state index contributed by atoms with van der Waals surface area (Å²) in [6.45, 7) is 1.95. The van der Waals surface area contributed by atoms with Gasteiger partial charge in [0.05, 0.1) is 27.3 Å². The highest BCUT2D eigenvalue weighted by molar-refractivity contribution is 6.31. The Labute approximate surface area is 189 Å². The molecule has 0 bridgehead atoms. The Bertz CT molecular complexity index is 1350. The zero-order valence-electron chi connectivity index (χ0n) is 17.7. The van der Waals surface area contributed by atoms with E-state index in [1.807, 2.05) is 37.3 Å². The van der Waals surface area contributed by atoms with E-state index >= 15 is 0 Å². The topological polar surface area (TPSA) is 94.2 Å². The van der Waals surface area contributed by atoms with E-state index in [1.54, 1.807) is 24.8 Å². The van der Waals surface area contributed by atoms with E-state index in [9.17, 15) is 14.9 Å². The largest absolute Gasteiger partial charge is 0.337 e. The van der Waals surface area contributed by atoms with Crippen molar-refractivity contribution in [3.8, 4) is 11.3 Å². The number of nitrogens with zero attached hydrogens (tertiary/aromatic N) is 5. The number of carbonyl (C=O) groups excluding carboxylic acids is 1. The lowest BCUT2D eigenvalue weighted by Gasteiger charge is -2.19. The molecule has 0 spiro atoms. The third kappa shape index (κ3) is 3.92. The summed E-state index contributed by atoms with van der Waals surface area (Å²) in [6, 6.07) is 15.6. The maximum Gasteiger partial charge on any atom is 0.269 e. The molecule has 2 aromatic carbocycles. The van der Waals surface area contributed by atoms with Gasteiger partial charge in [-0.15, -0.1) is 0 Å². The first-order chi connectivity index (χ1) is 15.3. The van der Waals surface area contributed by atoms with Crippen molar-refractivity contribution in [3.05, 3.63) is 86.6 Å². The predicted molar refractivity (Wildman–Crippen MR) is 123 cm³/mol. The normalized spacial score (nSPS) is 11.0. The number of fused-ring (bicyclic) bond motifs is 1. The van der Waals surface area contributed by atoms with Gasteiger partial charge in [-0.25, -0.2) is 4.98 Å². The molecular weight excluding hydrogens is 430 g/mol. The van der Waals surface area contributed by atoms with Gasteiger partial charge in [0, 0.05) is 43.4 Å². The third-order valence-corrected chi connectivity index (χ3v) is 5.63. The van der Waals surface area contributed by atoms with Gasteiger partial charge in [-0.05, 0) is 24.6 Å². The minimum Gasteiger partial charge on any atom is -0.337 e. The van der Waals surface area contributed by atoms with E-state index in [0.29, 0.717) is 38.6 Å². The number of hydrogen-bond acceptors (Lipinski definition) is 5. The second-order valence-corrected chi connectivity index (χ2v) is 7.93. The maximum atomic E-state index is 13.5. The Morgan fingerprint density at radius 3 is 2.59 bits per heavy atom. The fraction of sp³-hybridized carbons (Fsp3) is 0.174. The average Bonchev–Trinajstić information content (AvgIpc) is 3.08. The molecule has 9 heteroatoms. The Kier molecular flexibility index (Phi) is 5.63. The van der Waals surface area contributed by atoms with Gasteiger partial charge >= 0.3 is 0 Å². The van der Waals surface area contributed by atoms with Crippen molar-refractivity contribution in [1.29, 1.82) is 0 Å². The Balaban J connectivity index is 1.78. The Morgan fingerprint density at radius 1 is 1.19 bits per heavy atom. The van der Waals surface area contributed by atoms with Crippen LogP contribution in [-0.2, 0) is 13.6 Å². The molecule has 0 N–H and O–H groups in total. The van der Waals surface area contributed by atoms with Crippen molar-refractivity contribution in [1.82, 2.24) is 19.7 Å². The molecule has 32 heavy (non-hydrogen) atoms. The number of aromatic nitrogens is 3. The molecule has 0 radical (unpaired) electrons. The lowest BCUT2D eigenvalue weighted by atomic mass is 10.0. The van der Waals surface area contributed by atoms with Crippen LogP contribution in [-0.4, -0.2) is 37.5 Å². The van der Waals surface area contributed by atoms with E-state index < -0.39 is 4.92 Å². The smallest absolute Gasteiger partial charge is 0.269 e. The van der Waals surface area contributed by atoms with E-state index in [-0.39, 0.29) is 18.1 Å². The van der Waals surface area contributed by atoms with Crippen molar-refractivity contribution in [2.75, 3.05) is 7.05 Å². The monoisotopic (exact) mass is 449 g/mol. The number of benzene rings is 2. The molecule has 0 unspecified atom stereocenters. The summed E-state index contributed by atoms with van der Waals surface area (Å²) in [5.41, 5.74) is 3.72. The van der Waals surface area contributed by atoms with Crippen molar-refractivity contribution in [3.63, 3.8) is 0 Å². The zero-order chi connectivity index (χ0) is 23.0. The van der Waals surface area contributed by atoms with Crippen LogP contribution in [0, 0.1) is 17.0 Å². The van der Waals surface area contributed by atoms with Crippen molar-refractivity contribution in [2.24, 2.45) is 7.05 Å². The molecule has 4 rings (SSSR count). The highest BCUT2D eigenvalue weighted by Gasteiger charge is 2.23. The second-order valence-electron chi connectivity index (χ2n) is 7.52. The zero-order valence-corrected chi connectivity index (χ0v) is 18.5. The van der Waals surface area contributed by atoms with Crippen LogP contribution in [0.15, 0.2) is 54.6 Å². The number of hydrogen-bond donors (Lipinski definition) is 0. The third-order valence-electron chi connectivity index (χ3n) is 5.26. The summed E-state index contributed by atoms with van der Waals surface area (Å²) in [4.78, 5) is 30.4. The Morgan fingerprint density at radius 2 is 1.91 bits per heavy atom. The summed E-state index contributed by atoms with van der Waals surface area (Å²) in [6.07, 6.45) is 0. The van der Waals surface area contributed by atoms with Gasteiger partial charge in [0.2, 0.25) is 0 Å². The number of amides is 1. The van der Waals surface area contributed by atoms with Gasteiger partial charge in [-0.3, -0.25) is 19.6 Å².